The quantitative estimate of drug-likeness (QED) is 0.626. The zero-order valence-electron chi connectivity index (χ0n) is 5.33. The maximum absolute atomic E-state index is 12.5. The van der Waals surface area contributed by atoms with Crippen LogP contribution in [0.15, 0.2) is 12.1 Å². The second-order valence-corrected chi connectivity index (χ2v) is 4.40. The van der Waals surface area contributed by atoms with Gasteiger partial charge in [-0.25, -0.2) is 0 Å². The number of rotatable bonds is 1. The molecule has 11 heavy (non-hydrogen) atoms. The van der Waals surface area contributed by atoms with Gasteiger partial charge in [-0.2, -0.15) is 4.39 Å². The molecule has 0 spiro atoms. The summed E-state index contributed by atoms with van der Waals surface area (Å²) in [5.41, 5.74) is 0. The molecule has 0 amide bonds. The Balaban J connectivity index is 2.72. The molecule has 56 valence electrons. The Labute approximate surface area is 70.1 Å². The van der Waals surface area contributed by atoms with E-state index in [0.717, 1.165) is 27.0 Å². The van der Waals surface area contributed by atoms with E-state index in [1.54, 1.807) is 6.07 Å². The molecular formula is C7H3FOS2. The average molecular weight is 186 g/mol. The molecule has 4 heteroatoms. The molecule has 0 aliphatic carbocycles. The SMILES string of the molecule is O=Cc1cc2cc(F)sc2s1. The molecule has 2 rings (SSSR count). The Kier molecular flexibility index (Phi) is 1.51. The fourth-order valence-corrected chi connectivity index (χ4v) is 2.86. The molecule has 2 aromatic heterocycles. The van der Waals surface area contributed by atoms with Crippen LogP contribution in [0, 0.1) is 5.13 Å². The van der Waals surface area contributed by atoms with Crippen molar-refractivity contribution in [2.45, 2.75) is 0 Å². The molecule has 0 radical (unpaired) electrons. The van der Waals surface area contributed by atoms with Crippen LogP contribution < -0.4 is 0 Å². The predicted molar refractivity (Wildman–Crippen MR) is 45.0 cm³/mol. The van der Waals surface area contributed by atoms with Gasteiger partial charge in [-0.15, -0.1) is 11.3 Å². The van der Waals surface area contributed by atoms with E-state index in [9.17, 15) is 9.18 Å². The summed E-state index contributed by atoms with van der Waals surface area (Å²) in [5, 5.41) is 0.642. The number of carbonyl (C=O) groups is 1. The van der Waals surface area contributed by atoms with E-state index >= 15 is 0 Å². The van der Waals surface area contributed by atoms with Crippen LogP contribution in [0.3, 0.4) is 0 Å². The summed E-state index contributed by atoms with van der Waals surface area (Å²) in [6.07, 6.45) is 0.787. The number of hydrogen-bond donors (Lipinski definition) is 0. The molecular weight excluding hydrogens is 183 g/mol. The van der Waals surface area contributed by atoms with Gasteiger partial charge in [0.25, 0.3) is 0 Å². The smallest absolute Gasteiger partial charge is 0.178 e. The summed E-state index contributed by atoms with van der Waals surface area (Å²) >= 11 is 2.41. The first kappa shape index (κ1) is 6.94. The summed E-state index contributed by atoms with van der Waals surface area (Å²) in [6.45, 7) is 0. The van der Waals surface area contributed by atoms with Crippen LogP contribution in [0.2, 0.25) is 0 Å². The average Bonchev–Trinajstić information content (AvgIpc) is 2.43. The number of fused-ring (bicyclic) bond motifs is 1. The Morgan fingerprint density at radius 3 is 2.82 bits per heavy atom. The molecule has 0 saturated heterocycles. The second kappa shape index (κ2) is 2.39. The van der Waals surface area contributed by atoms with Crippen LogP contribution in [0.25, 0.3) is 9.40 Å². The molecule has 0 fully saturated rings. The Morgan fingerprint density at radius 2 is 2.18 bits per heavy atom. The maximum Gasteiger partial charge on any atom is 0.178 e. The number of hydrogen-bond acceptors (Lipinski definition) is 3. The van der Waals surface area contributed by atoms with Crippen molar-refractivity contribution in [3.63, 3.8) is 0 Å². The minimum atomic E-state index is -0.191. The van der Waals surface area contributed by atoms with Crippen LogP contribution in [-0.4, -0.2) is 6.29 Å². The van der Waals surface area contributed by atoms with Crippen LogP contribution in [-0.2, 0) is 0 Å². The third kappa shape index (κ3) is 1.08. The van der Waals surface area contributed by atoms with Gasteiger partial charge in [0.05, 0.1) is 8.89 Å². The van der Waals surface area contributed by atoms with Crippen molar-refractivity contribution in [1.82, 2.24) is 0 Å². The minimum absolute atomic E-state index is 0.191. The molecule has 0 atom stereocenters. The second-order valence-electron chi connectivity index (χ2n) is 2.06. The van der Waals surface area contributed by atoms with Crippen molar-refractivity contribution in [3.05, 3.63) is 22.1 Å². The molecule has 2 aromatic rings. The van der Waals surface area contributed by atoms with Gasteiger partial charge >= 0.3 is 0 Å². The van der Waals surface area contributed by atoms with Crippen molar-refractivity contribution in [2.24, 2.45) is 0 Å². The summed E-state index contributed by atoms with van der Waals surface area (Å²) < 4.78 is 13.4. The summed E-state index contributed by atoms with van der Waals surface area (Å²) in [4.78, 5) is 10.9. The van der Waals surface area contributed by atoms with Crippen molar-refractivity contribution >= 4 is 38.4 Å². The molecule has 1 nitrogen and oxygen atoms in total. The minimum Gasteiger partial charge on any atom is -0.297 e. The van der Waals surface area contributed by atoms with Crippen molar-refractivity contribution in [3.8, 4) is 0 Å². The monoisotopic (exact) mass is 186 g/mol. The van der Waals surface area contributed by atoms with Crippen molar-refractivity contribution in [1.29, 1.82) is 0 Å². The first-order valence-electron chi connectivity index (χ1n) is 2.93. The molecule has 0 bridgehead atoms. The largest absolute Gasteiger partial charge is 0.297 e. The lowest BCUT2D eigenvalue weighted by Gasteiger charge is -1.72. The lowest BCUT2D eigenvalue weighted by atomic mass is 10.4. The lowest BCUT2D eigenvalue weighted by molar-refractivity contribution is 0.112. The van der Waals surface area contributed by atoms with Crippen LogP contribution in [0.5, 0.6) is 0 Å². The first-order chi connectivity index (χ1) is 5.29. The highest BCUT2D eigenvalue weighted by Gasteiger charge is 2.04. The third-order valence-electron chi connectivity index (χ3n) is 1.32. The zero-order chi connectivity index (χ0) is 7.84. The van der Waals surface area contributed by atoms with Gasteiger partial charge in [-0.3, -0.25) is 4.79 Å². The van der Waals surface area contributed by atoms with Gasteiger partial charge in [0.15, 0.2) is 11.4 Å². The molecule has 0 unspecified atom stereocenters. The normalized spacial score (nSPS) is 10.6. The number of thiophene rings is 2. The van der Waals surface area contributed by atoms with E-state index < -0.39 is 0 Å². The Morgan fingerprint density at radius 1 is 1.36 bits per heavy atom. The van der Waals surface area contributed by atoms with E-state index in [1.807, 2.05) is 0 Å². The van der Waals surface area contributed by atoms with Gasteiger partial charge in [-0.05, 0) is 12.1 Å². The summed E-state index contributed by atoms with van der Waals surface area (Å²) in [6, 6.07) is 3.15. The Bertz CT molecular complexity index is 370. The van der Waals surface area contributed by atoms with Crippen molar-refractivity contribution < 1.29 is 9.18 Å². The first-order valence-corrected chi connectivity index (χ1v) is 4.57. The maximum atomic E-state index is 12.5. The highest BCUT2D eigenvalue weighted by Crippen LogP contribution is 2.31. The van der Waals surface area contributed by atoms with Gasteiger partial charge in [-0.1, -0.05) is 11.3 Å². The lowest BCUT2D eigenvalue weighted by Crippen LogP contribution is -1.63. The van der Waals surface area contributed by atoms with Gasteiger partial charge in [0.2, 0.25) is 0 Å². The highest BCUT2D eigenvalue weighted by atomic mass is 32.2. The van der Waals surface area contributed by atoms with Crippen molar-refractivity contribution in [2.75, 3.05) is 0 Å². The molecule has 0 aliphatic rings. The van der Waals surface area contributed by atoms with Gasteiger partial charge < -0.3 is 0 Å². The standard InChI is InChI=1S/C7H3FOS2/c8-6-2-4-1-5(3-9)10-7(4)11-6/h1-3H. The van der Waals surface area contributed by atoms with E-state index in [1.165, 1.54) is 17.4 Å². The number of halogens is 1. The Hall–Kier alpha value is -0.740. The van der Waals surface area contributed by atoms with E-state index in [-0.39, 0.29) is 5.13 Å². The topological polar surface area (TPSA) is 17.1 Å². The van der Waals surface area contributed by atoms with Crippen LogP contribution in [0.1, 0.15) is 9.67 Å². The zero-order valence-corrected chi connectivity index (χ0v) is 6.97. The van der Waals surface area contributed by atoms with Gasteiger partial charge in [0, 0.05) is 5.39 Å². The molecule has 0 N–H and O–H groups in total. The molecule has 2 heterocycles. The van der Waals surface area contributed by atoms with E-state index in [0.29, 0.717) is 4.88 Å². The number of carbonyl (C=O) groups excluding carboxylic acids is 1. The summed E-state index contributed by atoms with van der Waals surface area (Å²) in [5.74, 6) is 0. The van der Waals surface area contributed by atoms with E-state index in [4.69, 9.17) is 0 Å². The van der Waals surface area contributed by atoms with Crippen LogP contribution in [0.4, 0.5) is 4.39 Å². The molecule has 0 aromatic carbocycles. The fraction of sp³-hybridized carbons (Fsp3) is 0. The predicted octanol–water partition coefficient (Wildman–Crippen LogP) is 2.91. The molecule has 0 aliphatic heterocycles. The third-order valence-corrected chi connectivity index (χ3v) is 3.42. The van der Waals surface area contributed by atoms with E-state index in [2.05, 4.69) is 0 Å². The fourth-order valence-electron chi connectivity index (χ4n) is 0.886. The van der Waals surface area contributed by atoms with Gasteiger partial charge in [0.1, 0.15) is 0 Å². The van der Waals surface area contributed by atoms with Crippen LogP contribution >= 0.6 is 22.7 Å². The highest BCUT2D eigenvalue weighted by molar-refractivity contribution is 7.38. The summed E-state index contributed by atoms with van der Waals surface area (Å²) in [7, 11) is 0. The molecule has 0 saturated carbocycles. The number of aldehydes is 1.